The Morgan fingerprint density at radius 3 is 2.27 bits per heavy atom. The van der Waals surface area contributed by atoms with E-state index in [1.54, 1.807) is 6.20 Å². The van der Waals surface area contributed by atoms with Crippen LogP contribution in [0.4, 0.5) is 0 Å². The second-order valence-corrected chi connectivity index (χ2v) is 5.02. The van der Waals surface area contributed by atoms with Gasteiger partial charge in [-0.15, -0.1) is 0 Å². The van der Waals surface area contributed by atoms with E-state index in [9.17, 15) is 4.79 Å². The number of aryl methyl sites for hydroxylation is 1. The minimum Gasteiger partial charge on any atom is -0.481 e. The molecule has 1 heterocycles. The van der Waals surface area contributed by atoms with Crippen LogP contribution in [-0.4, -0.2) is 16.2 Å². The smallest absolute Gasteiger partial charge is 0.303 e. The van der Waals surface area contributed by atoms with Crippen LogP contribution in [0.1, 0.15) is 12.0 Å². The molecule has 3 rings (SSSR count). The fourth-order valence-electron chi connectivity index (χ4n) is 2.36. The van der Waals surface area contributed by atoms with Gasteiger partial charge in [-0.05, 0) is 17.5 Å². The molecule has 22 heavy (non-hydrogen) atoms. The fourth-order valence-corrected chi connectivity index (χ4v) is 2.36. The Balaban J connectivity index is 1.85. The number of benzene rings is 2. The zero-order valence-electron chi connectivity index (χ0n) is 11.9. The first-order chi connectivity index (χ1) is 10.7. The first kappa shape index (κ1) is 14.1. The zero-order valence-corrected chi connectivity index (χ0v) is 11.9. The van der Waals surface area contributed by atoms with Crippen molar-refractivity contribution in [3.63, 3.8) is 0 Å². The van der Waals surface area contributed by atoms with E-state index in [4.69, 9.17) is 9.63 Å². The molecule has 0 atom stereocenters. The predicted octanol–water partition coefficient (Wildman–Crippen LogP) is 4.03. The zero-order chi connectivity index (χ0) is 15.4. The van der Waals surface area contributed by atoms with Gasteiger partial charge < -0.3 is 9.63 Å². The van der Waals surface area contributed by atoms with Crippen LogP contribution < -0.4 is 0 Å². The van der Waals surface area contributed by atoms with Gasteiger partial charge in [-0.2, -0.15) is 0 Å². The predicted molar refractivity (Wildman–Crippen MR) is 83.3 cm³/mol. The third kappa shape index (κ3) is 3.06. The van der Waals surface area contributed by atoms with Crippen molar-refractivity contribution in [3.05, 3.63) is 66.4 Å². The van der Waals surface area contributed by atoms with Gasteiger partial charge in [0.15, 0.2) is 5.76 Å². The van der Waals surface area contributed by atoms with Crippen molar-refractivity contribution in [2.75, 3.05) is 0 Å². The third-order valence-electron chi connectivity index (χ3n) is 3.51. The summed E-state index contributed by atoms with van der Waals surface area (Å²) in [6, 6.07) is 18.1. The maximum Gasteiger partial charge on any atom is 0.303 e. The molecule has 2 aromatic carbocycles. The van der Waals surface area contributed by atoms with Gasteiger partial charge >= 0.3 is 5.97 Å². The number of carbonyl (C=O) groups is 1. The lowest BCUT2D eigenvalue weighted by atomic mass is 10.0. The molecule has 110 valence electrons. The molecule has 0 bridgehead atoms. The lowest BCUT2D eigenvalue weighted by Gasteiger charge is -2.04. The van der Waals surface area contributed by atoms with Crippen molar-refractivity contribution in [1.82, 2.24) is 5.16 Å². The molecular weight excluding hydrogens is 278 g/mol. The molecule has 1 aromatic heterocycles. The highest BCUT2D eigenvalue weighted by Gasteiger charge is 2.12. The summed E-state index contributed by atoms with van der Waals surface area (Å²) in [6.45, 7) is 0. The van der Waals surface area contributed by atoms with Gasteiger partial charge in [0.25, 0.3) is 0 Å². The standard InChI is InChI=1S/C18H15NO3/c20-17(21)11-10-16-12-19-22-18(16)15-8-6-14(7-9-15)13-4-2-1-3-5-13/h1-9,12H,10-11H2,(H,20,21). The number of nitrogens with zero attached hydrogens (tertiary/aromatic N) is 1. The number of carboxylic acids is 1. The van der Waals surface area contributed by atoms with Gasteiger partial charge in [0, 0.05) is 17.5 Å². The molecule has 0 unspecified atom stereocenters. The maximum atomic E-state index is 10.7. The molecule has 0 fully saturated rings. The van der Waals surface area contributed by atoms with Crippen LogP contribution in [0.2, 0.25) is 0 Å². The second kappa shape index (κ2) is 6.26. The Morgan fingerprint density at radius 1 is 0.955 bits per heavy atom. The molecular formula is C18H15NO3. The van der Waals surface area contributed by atoms with Crippen LogP contribution in [0.25, 0.3) is 22.5 Å². The van der Waals surface area contributed by atoms with Crippen LogP contribution in [0.5, 0.6) is 0 Å². The normalized spacial score (nSPS) is 10.5. The number of aromatic nitrogens is 1. The molecule has 4 nitrogen and oxygen atoms in total. The van der Waals surface area contributed by atoms with Crippen molar-refractivity contribution in [2.45, 2.75) is 12.8 Å². The molecule has 3 aromatic rings. The van der Waals surface area contributed by atoms with Gasteiger partial charge in [0.05, 0.1) is 6.20 Å². The van der Waals surface area contributed by atoms with Crippen molar-refractivity contribution >= 4 is 5.97 Å². The number of carboxylic acid groups (broad SMARTS) is 1. The van der Waals surface area contributed by atoms with Crippen LogP contribution in [0.3, 0.4) is 0 Å². The van der Waals surface area contributed by atoms with Crippen LogP contribution in [0, 0.1) is 0 Å². The molecule has 1 N–H and O–H groups in total. The molecule has 0 aliphatic carbocycles. The van der Waals surface area contributed by atoms with Crippen LogP contribution in [0.15, 0.2) is 65.3 Å². The number of aliphatic carboxylic acids is 1. The van der Waals surface area contributed by atoms with Gasteiger partial charge in [-0.1, -0.05) is 59.8 Å². The van der Waals surface area contributed by atoms with E-state index in [1.807, 2.05) is 42.5 Å². The van der Waals surface area contributed by atoms with Crippen molar-refractivity contribution < 1.29 is 14.4 Å². The van der Waals surface area contributed by atoms with Crippen LogP contribution >= 0.6 is 0 Å². The highest BCUT2D eigenvalue weighted by Crippen LogP contribution is 2.27. The summed E-state index contributed by atoms with van der Waals surface area (Å²) in [6.07, 6.45) is 2.06. The van der Waals surface area contributed by atoms with Gasteiger partial charge in [-0.3, -0.25) is 4.79 Å². The van der Waals surface area contributed by atoms with Gasteiger partial charge in [-0.25, -0.2) is 0 Å². The molecule has 0 spiro atoms. The van der Waals surface area contributed by atoms with Gasteiger partial charge in [0.2, 0.25) is 0 Å². The monoisotopic (exact) mass is 293 g/mol. The maximum absolute atomic E-state index is 10.7. The van der Waals surface area contributed by atoms with Crippen molar-refractivity contribution in [3.8, 4) is 22.5 Å². The Labute approximate surface area is 128 Å². The highest BCUT2D eigenvalue weighted by atomic mass is 16.5. The Morgan fingerprint density at radius 2 is 1.59 bits per heavy atom. The van der Waals surface area contributed by atoms with E-state index in [2.05, 4.69) is 17.3 Å². The SMILES string of the molecule is O=C(O)CCc1cnoc1-c1ccc(-c2ccccc2)cc1. The number of hydrogen-bond acceptors (Lipinski definition) is 3. The van der Waals surface area contributed by atoms with Crippen molar-refractivity contribution in [2.24, 2.45) is 0 Å². The van der Waals surface area contributed by atoms with Crippen molar-refractivity contribution in [1.29, 1.82) is 0 Å². The molecule has 0 aliphatic heterocycles. The quantitative estimate of drug-likeness (QED) is 0.771. The lowest BCUT2D eigenvalue weighted by molar-refractivity contribution is -0.136. The first-order valence-corrected chi connectivity index (χ1v) is 7.05. The van der Waals surface area contributed by atoms with E-state index >= 15 is 0 Å². The van der Waals surface area contributed by atoms with Crippen LogP contribution in [-0.2, 0) is 11.2 Å². The topological polar surface area (TPSA) is 63.3 Å². The van der Waals surface area contributed by atoms with E-state index < -0.39 is 5.97 Å². The molecule has 4 heteroatoms. The summed E-state index contributed by atoms with van der Waals surface area (Å²) >= 11 is 0. The molecule has 0 aliphatic rings. The van der Waals surface area contributed by atoms with E-state index in [0.717, 1.165) is 22.3 Å². The average molecular weight is 293 g/mol. The minimum absolute atomic E-state index is 0.0658. The van der Waals surface area contributed by atoms with E-state index in [-0.39, 0.29) is 6.42 Å². The summed E-state index contributed by atoms with van der Waals surface area (Å²) in [5.41, 5.74) is 3.99. The second-order valence-electron chi connectivity index (χ2n) is 5.02. The van der Waals surface area contributed by atoms with E-state index in [0.29, 0.717) is 12.2 Å². The average Bonchev–Trinajstić information content (AvgIpc) is 3.02. The summed E-state index contributed by atoms with van der Waals surface area (Å²) in [7, 11) is 0. The Kier molecular flexibility index (Phi) is 4.01. The largest absolute Gasteiger partial charge is 0.481 e. The van der Waals surface area contributed by atoms with E-state index in [1.165, 1.54) is 0 Å². The van der Waals surface area contributed by atoms with Gasteiger partial charge in [0.1, 0.15) is 0 Å². The first-order valence-electron chi connectivity index (χ1n) is 7.05. The Hall–Kier alpha value is -2.88. The summed E-state index contributed by atoms with van der Waals surface area (Å²) in [4.78, 5) is 10.7. The summed E-state index contributed by atoms with van der Waals surface area (Å²) < 4.78 is 5.29. The molecule has 0 radical (unpaired) electrons. The number of rotatable bonds is 5. The molecule has 0 amide bonds. The molecule has 0 saturated heterocycles. The molecule has 0 saturated carbocycles. The highest BCUT2D eigenvalue weighted by molar-refractivity contribution is 5.70. The number of hydrogen-bond donors (Lipinski definition) is 1. The third-order valence-corrected chi connectivity index (χ3v) is 3.51. The minimum atomic E-state index is -0.827. The fraction of sp³-hybridized carbons (Fsp3) is 0.111. The Bertz CT molecular complexity index is 761. The summed E-state index contributed by atoms with van der Waals surface area (Å²) in [5.74, 6) is -0.188. The summed E-state index contributed by atoms with van der Waals surface area (Å²) in [5, 5.41) is 12.6. The lowest BCUT2D eigenvalue weighted by Crippen LogP contribution is -1.97.